The number of hydrogen-bond acceptors (Lipinski definition) is 1. The molecule has 0 bridgehead atoms. The van der Waals surface area contributed by atoms with Gasteiger partial charge in [0.2, 0.25) is 0 Å². The van der Waals surface area contributed by atoms with Gasteiger partial charge >= 0.3 is 0 Å². The molecule has 0 saturated carbocycles. The lowest BCUT2D eigenvalue weighted by Crippen LogP contribution is -2.30. The summed E-state index contributed by atoms with van der Waals surface area (Å²) in [7, 11) is 2.12. The van der Waals surface area contributed by atoms with Crippen LogP contribution >= 0.6 is 0 Å². The molecule has 15 heavy (non-hydrogen) atoms. The fraction of sp³-hybridized carbons (Fsp3) is 0.429. The van der Waals surface area contributed by atoms with Gasteiger partial charge in [-0.05, 0) is 38.6 Å². The van der Waals surface area contributed by atoms with Crippen molar-refractivity contribution in [2.45, 2.75) is 26.8 Å². The highest BCUT2D eigenvalue weighted by Crippen LogP contribution is 2.17. The summed E-state index contributed by atoms with van der Waals surface area (Å²) < 4.78 is 0. The lowest BCUT2D eigenvalue weighted by molar-refractivity contribution is 0.305. The summed E-state index contributed by atoms with van der Waals surface area (Å²) in [5.74, 6) is 0. The molecule has 0 radical (unpaired) electrons. The average Bonchev–Trinajstić information content (AvgIpc) is 2.27. The van der Waals surface area contributed by atoms with E-state index in [4.69, 9.17) is 0 Å². The molecule has 84 valence electrons. The molecule has 1 unspecified atom stereocenters. The summed E-state index contributed by atoms with van der Waals surface area (Å²) in [6.07, 6.45) is 8.00. The topological polar surface area (TPSA) is 3.24 Å². The van der Waals surface area contributed by atoms with Gasteiger partial charge in [0.25, 0.3) is 0 Å². The molecule has 0 aliphatic carbocycles. The molecule has 0 spiro atoms. The molecule has 1 atom stereocenters. The van der Waals surface area contributed by atoms with Crippen LogP contribution in [0.3, 0.4) is 0 Å². The number of allylic oxidation sites excluding steroid dienone is 4. The molecular weight excluding hydrogens is 182 g/mol. The van der Waals surface area contributed by atoms with E-state index in [1.807, 2.05) is 25.2 Å². The Kier molecular flexibility index (Phi) is 6.72. The van der Waals surface area contributed by atoms with E-state index in [1.54, 1.807) is 0 Å². The van der Waals surface area contributed by atoms with Crippen molar-refractivity contribution in [3.05, 3.63) is 48.6 Å². The highest BCUT2D eigenvalue weighted by molar-refractivity contribution is 5.41. The summed E-state index contributed by atoms with van der Waals surface area (Å²) in [6.45, 7) is 15.2. The van der Waals surface area contributed by atoms with E-state index in [1.165, 1.54) is 5.57 Å². The highest BCUT2D eigenvalue weighted by atomic mass is 15.1. The third-order valence-corrected chi connectivity index (χ3v) is 2.70. The SMILES string of the molecule is C=CC(=C)/C(=C\C=C/C)C(C)N(C)CC. The molecule has 1 nitrogen and oxygen atoms in total. The van der Waals surface area contributed by atoms with Gasteiger partial charge in [0, 0.05) is 6.04 Å². The first-order valence-corrected chi connectivity index (χ1v) is 5.43. The van der Waals surface area contributed by atoms with E-state index < -0.39 is 0 Å². The van der Waals surface area contributed by atoms with Crippen molar-refractivity contribution in [1.29, 1.82) is 0 Å². The van der Waals surface area contributed by atoms with Gasteiger partial charge in [0.15, 0.2) is 0 Å². The minimum absolute atomic E-state index is 0.372. The van der Waals surface area contributed by atoms with Crippen LogP contribution in [0.5, 0.6) is 0 Å². The first-order valence-electron chi connectivity index (χ1n) is 5.43. The maximum absolute atomic E-state index is 4.02. The minimum Gasteiger partial charge on any atom is -0.300 e. The molecule has 0 aromatic heterocycles. The van der Waals surface area contributed by atoms with Gasteiger partial charge in [-0.2, -0.15) is 0 Å². The summed E-state index contributed by atoms with van der Waals surface area (Å²) >= 11 is 0. The van der Waals surface area contributed by atoms with Gasteiger partial charge in [-0.1, -0.05) is 44.4 Å². The first kappa shape index (κ1) is 13.9. The summed E-state index contributed by atoms with van der Waals surface area (Å²) in [5, 5.41) is 0. The number of nitrogens with zero attached hydrogens (tertiary/aromatic N) is 1. The van der Waals surface area contributed by atoms with Crippen molar-refractivity contribution in [2.75, 3.05) is 13.6 Å². The predicted octanol–water partition coefficient (Wildman–Crippen LogP) is 3.57. The second-order valence-electron chi connectivity index (χ2n) is 3.63. The summed E-state index contributed by atoms with van der Waals surface area (Å²) in [6, 6.07) is 0.372. The van der Waals surface area contributed by atoms with Crippen LogP contribution in [-0.4, -0.2) is 24.5 Å². The molecule has 1 heteroatoms. The molecule has 0 fully saturated rings. The quantitative estimate of drug-likeness (QED) is 0.599. The number of rotatable bonds is 6. The van der Waals surface area contributed by atoms with Crippen molar-refractivity contribution >= 4 is 0 Å². The Morgan fingerprint density at radius 3 is 2.47 bits per heavy atom. The van der Waals surface area contributed by atoms with Gasteiger partial charge in [-0.3, -0.25) is 4.90 Å². The fourth-order valence-corrected chi connectivity index (χ4v) is 1.34. The van der Waals surface area contributed by atoms with E-state index in [-0.39, 0.29) is 0 Å². The molecule has 0 aliphatic rings. The largest absolute Gasteiger partial charge is 0.300 e. The smallest absolute Gasteiger partial charge is 0.0322 e. The lowest BCUT2D eigenvalue weighted by Gasteiger charge is -2.26. The first-order chi connectivity index (χ1) is 7.08. The minimum atomic E-state index is 0.372. The van der Waals surface area contributed by atoms with Crippen LogP contribution in [0.1, 0.15) is 20.8 Å². The van der Waals surface area contributed by atoms with E-state index in [9.17, 15) is 0 Å². The third-order valence-electron chi connectivity index (χ3n) is 2.70. The zero-order chi connectivity index (χ0) is 11.8. The van der Waals surface area contributed by atoms with Gasteiger partial charge in [-0.15, -0.1) is 0 Å². The molecule has 0 N–H and O–H groups in total. The third kappa shape index (κ3) is 4.30. The maximum Gasteiger partial charge on any atom is 0.0322 e. The van der Waals surface area contributed by atoms with Gasteiger partial charge in [-0.25, -0.2) is 0 Å². The molecule has 0 saturated heterocycles. The average molecular weight is 205 g/mol. The van der Waals surface area contributed by atoms with Crippen LogP contribution < -0.4 is 0 Å². The van der Waals surface area contributed by atoms with Crippen molar-refractivity contribution in [3.8, 4) is 0 Å². The highest BCUT2D eigenvalue weighted by Gasteiger charge is 2.13. The second kappa shape index (κ2) is 7.24. The Hall–Kier alpha value is -1.08. The van der Waals surface area contributed by atoms with Gasteiger partial charge < -0.3 is 0 Å². The fourth-order valence-electron chi connectivity index (χ4n) is 1.34. The van der Waals surface area contributed by atoms with Crippen molar-refractivity contribution in [1.82, 2.24) is 4.90 Å². The second-order valence-corrected chi connectivity index (χ2v) is 3.63. The standard InChI is InChI=1S/C14H23N/c1-7-10-11-14(12(4)8-2)13(5)15(6)9-3/h7-8,10-11,13H,2,4,9H2,1,3,5-6H3/b10-7-,14-11+. The van der Waals surface area contributed by atoms with Gasteiger partial charge in [0.1, 0.15) is 0 Å². The normalized spacial score (nSPS) is 14.6. The van der Waals surface area contributed by atoms with Crippen LogP contribution in [0.25, 0.3) is 0 Å². The zero-order valence-corrected chi connectivity index (χ0v) is 10.5. The Labute approximate surface area is 94.5 Å². The monoisotopic (exact) mass is 205 g/mol. The van der Waals surface area contributed by atoms with Crippen LogP contribution in [0.2, 0.25) is 0 Å². The summed E-state index contributed by atoms with van der Waals surface area (Å²) in [5.41, 5.74) is 2.23. The van der Waals surface area contributed by atoms with Crippen molar-refractivity contribution in [3.63, 3.8) is 0 Å². The molecule has 0 heterocycles. The molecule has 0 amide bonds. The zero-order valence-electron chi connectivity index (χ0n) is 10.5. The summed E-state index contributed by atoms with van der Waals surface area (Å²) in [4.78, 5) is 2.28. The van der Waals surface area contributed by atoms with E-state index >= 15 is 0 Å². The Morgan fingerprint density at radius 2 is 2.07 bits per heavy atom. The van der Waals surface area contributed by atoms with Gasteiger partial charge in [0.05, 0.1) is 0 Å². The Balaban J connectivity index is 4.93. The molecule has 0 aliphatic heterocycles. The maximum atomic E-state index is 4.02. The van der Waals surface area contributed by atoms with Crippen molar-refractivity contribution in [2.24, 2.45) is 0 Å². The molecular formula is C14H23N. The number of hydrogen-bond donors (Lipinski definition) is 0. The van der Waals surface area contributed by atoms with Crippen LogP contribution in [0.15, 0.2) is 48.6 Å². The van der Waals surface area contributed by atoms with Crippen LogP contribution in [0.4, 0.5) is 0 Å². The van der Waals surface area contributed by atoms with E-state index in [0.717, 1.165) is 12.1 Å². The van der Waals surface area contributed by atoms with Crippen molar-refractivity contribution < 1.29 is 0 Å². The van der Waals surface area contributed by atoms with E-state index in [0.29, 0.717) is 6.04 Å². The Bertz CT molecular complexity index is 271. The van der Waals surface area contributed by atoms with Crippen LogP contribution in [-0.2, 0) is 0 Å². The predicted molar refractivity (Wildman–Crippen MR) is 70.0 cm³/mol. The molecule has 0 rings (SSSR count). The molecule has 0 aromatic rings. The lowest BCUT2D eigenvalue weighted by atomic mass is 9.99. The van der Waals surface area contributed by atoms with Crippen LogP contribution in [0, 0.1) is 0 Å². The number of likely N-dealkylation sites (N-methyl/N-ethyl adjacent to an activating group) is 1. The molecule has 0 aromatic carbocycles. The van der Waals surface area contributed by atoms with E-state index in [2.05, 4.69) is 45.0 Å². The Morgan fingerprint density at radius 1 is 1.47 bits per heavy atom.